The number of nitrogens with one attached hydrogen (secondary N) is 1. The van der Waals surface area contributed by atoms with Gasteiger partial charge in [0.2, 0.25) is 5.91 Å². The van der Waals surface area contributed by atoms with Crippen LogP contribution in [-0.4, -0.2) is 12.0 Å². The van der Waals surface area contributed by atoms with Gasteiger partial charge in [0.05, 0.1) is 12.5 Å². The molecule has 0 fully saturated rings. The van der Waals surface area contributed by atoms with Crippen LogP contribution in [0.3, 0.4) is 0 Å². The molecule has 1 aromatic rings. The van der Waals surface area contributed by atoms with Crippen molar-refractivity contribution in [3.8, 4) is 11.8 Å². The molecule has 1 aromatic carbocycles. The molecule has 0 spiro atoms. The van der Waals surface area contributed by atoms with Crippen molar-refractivity contribution in [2.75, 3.05) is 5.32 Å². The lowest BCUT2D eigenvalue weighted by Gasteiger charge is -2.19. The average Bonchev–Trinajstić information content (AvgIpc) is 2.38. The molecule has 1 aliphatic rings. The van der Waals surface area contributed by atoms with Crippen LogP contribution >= 0.6 is 0 Å². The summed E-state index contributed by atoms with van der Waals surface area (Å²) < 4.78 is 5.76. The minimum atomic E-state index is -0.0637. The van der Waals surface area contributed by atoms with Gasteiger partial charge in [0.1, 0.15) is 11.9 Å². The number of carbonyl (C=O) groups excluding carboxylic acids is 1. The number of carbonyl (C=O) groups is 1. The maximum atomic E-state index is 11.2. The second-order valence-corrected chi connectivity index (χ2v) is 4.38. The monoisotopic (exact) mass is 244 g/mol. The molecule has 1 atom stereocenters. The van der Waals surface area contributed by atoms with E-state index < -0.39 is 0 Å². The second-order valence-electron chi connectivity index (χ2n) is 4.38. The molecular weight excluding hydrogens is 228 g/mol. The first-order chi connectivity index (χ1) is 8.72. The number of rotatable bonds is 4. The van der Waals surface area contributed by atoms with Crippen LogP contribution in [0.2, 0.25) is 0 Å². The summed E-state index contributed by atoms with van der Waals surface area (Å²) in [5, 5.41) is 11.5. The topological polar surface area (TPSA) is 62.1 Å². The molecule has 2 rings (SSSR count). The highest BCUT2D eigenvalue weighted by molar-refractivity contribution is 5.93. The number of amides is 1. The van der Waals surface area contributed by atoms with Gasteiger partial charge < -0.3 is 10.1 Å². The molecule has 0 aliphatic carbocycles. The van der Waals surface area contributed by atoms with E-state index in [1.54, 1.807) is 0 Å². The maximum absolute atomic E-state index is 11.2. The average molecular weight is 244 g/mol. The smallest absolute Gasteiger partial charge is 0.224 e. The van der Waals surface area contributed by atoms with Crippen molar-refractivity contribution < 1.29 is 9.53 Å². The third-order valence-electron chi connectivity index (χ3n) is 3.05. The molecule has 1 unspecified atom stereocenters. The fourth-order valence-electron chi connectivity index (χ4n) is 2.00. The summed E-state index contributed by atoms with van der Waals surface area (Å²) in [6.45, 7) is 2.00. The van der Waals surface area contributed by atoms with Crippen molar-refractivity contribution in [2.24, 2.45) is 0 Å². The van der Waals surface area contributed by atoms with Gasteiger partial charge in [-0.2, -0.15) is 5.26 Å². The van der Waals surface area contributed by atoms with Crippen LogP contribution in [0.15, 0.2) is 18.2 Å². The molecule has 1 heterocycles. The third-order valence-corrected chi connectivity index (χ3v) is 3.05. The van der Waals surface area contributed by atoms with E-state index in [-0.39, 0.29) is 12.0 Å². The van der Waals surface area contributed by atoms with Gasteiger partial charge in [0.25, 0.3) is 0 Å². The van der Waals surface area contributed by atoms with Gasteiger partial charge in [-0.05, 0) is 36.6 Å². The number of anilines is 1. The molecule has 94 valence electrons. The van der Waals surface area contributed by atoms with Gasteiger partial charge >= 0.3 is 0 Å². The molecule has 4 nitrogen and oxygen atoms in total. The summed E-state index contributed by atoms with van der Waals surface area (Å²) in [6, 6.07) is 7.78. The number of fused-ring (bicyclic) bond motifs is 1. The van der Waals surface area contributed by atoms with E-state index in [4.69, 9.17) is 10.00 Å². The molecule has 0 bridgehead atoms. The van der Waals surface area contributed by atoms with Crippen LogP contribution < -0.4 is 10.1 Å². The Morgan fingerprint density at radius 1 is 1.50 bits per heavy atom. The lowest BCUT2D eigenvalue weighted by Crippen LogP contribution is -2.19. The van der Waals surface area contributed by atoms with Crippen molar-refractivity contribution in [3.05, 3.63) is 23.8 Å². The highest BCUT2D eigenvalue weighted by Gasteiger charge is 2.16. The van der Waals surface area contributed by atoms with Crippen molar-refractivity contribution in [1.29, 1.82) is 5.26 Å². The number of aryl methyl sites for hydroxylation is 1. The van der Waals surface area contributed by atoms with Crippen molar-refractivity contribution in [1.82, 2.24) is 0 Å². The maximum Gasteiger partial charge on any atom is 0.224 e. The van der Waals surface area contributed by atoms with Crippen molar-refractivity contribution >= 4 is 11.6 Å². The normalized spacial score (nSPS) is 15.2. The lowest BCUT2D eigenvalue weighted by atomic mass is 10.0. The van der Waals surface area contributed by atoms with E-state index in [0.29, 0.717) is 12.8 Å². The SMILES string of the molecule is CCC(CC#N)Oc1ccc2c(c1)CCC(=O)N2. The van der Waals surface area contributed by atoms with Crippen LogP contribution in [0.25, 0.3) is 0 Å². The Hall–Kier alpha value is -2.02. The third kappa shape index (κ3) is 2.80. The van der Waals surface area contributed by atoms with Gasteiger partial charge in [-0.3, -0.25) is 4.79 Å². The summed E-state index contributed by atoms with van der Waals surface area (Å²) in [7, 11) is 0. The zero-order chi connectivity index (χ0) is 13.0. The first-order valence-electron chi connectivity index (χ1n) is 6.19. The zero-order valence-corrected chi connectivity index (χ0v) is 10.4. The predicted octanol–water partition coefficient (Wildman–Crippen LogP) is 2.64. The van der Waals surface area contributed by atoms with Gasteiger partial charge in [-0.25, -0.2) is 0 Å². The molecule has 0 aromatic heterocycles. The van der Waals surface area contributed by atoms with Crippen LogP contribution in [0.5, 0.6) is 5.75 Å². The largest absolute Gasteiger partial charge is 0.489 e. The Morgan fingerprint density at radius 3 is 3.06 bits per heavy atom. The molecule has 0 saturated heterocycles. The second kappa shape index (κ2) is 5.54. The molecule has 4 heteroatoms. The summed E-state index contributed by atoms with van der Waals surface area (Å²) in [5.74, 6) is 0.832. The van der Waals surface area contributed by atoms with Crippen LogP contribution in [0.1, 0.15) is 31.7 Å². The highest BCUT2D eigenvalue weighted by Crippen LogP contribution is 2.27. The number of nitriles is 1. The summed E-state index contributed by atoms with van der Waals surface area (Å²) in [5.41, 5.74) is 1.96. The van der Waals surface area contributed by atoms with Crippen LogP contribution in [-0.2, 0) is 11.2 Å². The Morgan fingerprint density at radius 2 is 2.33 bits per heavy atom. The predicted molar refractivity (Wildman–Crippen MR) is 68.3 cm³/mol. The fraction of sp³-hybridized carbons (Fsp3) is 0.429. The Balaban J connectivity index is 2.11. The molecular formula is C14H16N2O2. The van der Waals surface area contributed by atoms with E-state index in [0.717, 1.165) is 29.8 Å². The molecule has 0 saturated carbocycles. The van der Waals surface area contributed by atoms with Crippen molar-refractivity contribution in [3.63, 3.8) is 0 Å². The first-order valence-corrected chi connectivity index (χ1v) is 6.19. The summed E-state index contributed by atoms with van der Waals surface area (Å²) in [6.07, 6.45) is 2.40. The van der Waals surface area contributed by atoms with Gasteiger partial charge in [-0.1, -0.05) is 6.92 Å². The van der Waals surface area contributed by atoms with E-state index in [2.05, 4.69) is 11.4 Å². The standard InChI is InChI=1S/C14H16N2O2/c1-2-11(7-8-15)18-12-4-5-13-10(9-12)3-6-14(17)16-13/h4-5,9,11H,2-3,6-7H2,1H3,(H,16,17). The quantitative estimate of drug-likeness (QED) is 0.885. The Kier molecular flexibility index (Phi) is 3.83. The van der Waals surface area contributed by atoms with E-state index >= 15 is 0 Å². The summed E-state index contributed by atoms with van der Waals surface area (Å²) >= 11 is 0. The summed E-state index contributed by atoms with van der Waals surface area (Å²) in [4.78, 5) is 11.2. The van der Waals surface area contributed by atoms with Crippen LogP contribution in [0, 0.1) is 11.3 Å². The highest BCUT2D eigenvalue weighted by atomic mass is 16.5. The molecule has 1 amide bonds. The van der Waals surface area contributed by atoms with Gasteiger partial charge in [0.15, 0.2) is 0 Å². The number of hydrogen-bond donors (Lipinski definition) is 1. The van der Waals surface area contributed by atoms with E-state index in [9.17, 15) is 4.79 Å². The van der Waals surface area contributed by atoms with Gasteiger partial charge in [-0.15, -0.1) is 0 Å². The molecule has 18 heavy (non-hydrogen) atoms. The number of hydrogen-bond acceptors (Lipinski definition) is 3. The number of nitrogens with zero attached hydrogens (tertiary/aromatic N) is 1. The Bertz CT molecular complexity index is 491. The number of ether oxygens (including phenoxy) is 1. The van der Waals surface area contributed by atoms with E-state index in [1.807, 2.05) is 25.1 Å². The Labute approximate surface area is 107 Å². The fourth-order valence-corrected chi connectivity index (χ4v) is 2.00. The first kappa shape index (κ1) is 12.4. The number of benzene rings is 1. The lowest BCUT2D eigenvalue weighted by molar-refractivity contribution is -0.116. The minimum absolute atomic E-state index is 0.0621. The van der Waals surface area contributed by atoms with Crippen LogP contribution in [0.4, 0.5) is 5.69 Å². The minimum Gasteiger partial charge on any atom is -0.489 e. The van der Waals surface area contributed by atoms with Gasteiger partial charge in [0, 0.05) is 12.1 Å². The van der Waals surface area contributed by atoms with E-state index in [1.165, 1.54) is 0 Å². The molecule has 1 aliphatic heterocycles. The van der Waals surface area contributed by atoms with Crippen molar-refractivity contribution in [2.45, 2.75) is 38.7 Å². The molecule has 1 N–H and O–H groups in total. The molecule has 0 radical (unpaired) electrons. The zero-order valence-electron chi connectivity index (χ0n) is 10.4.